The second kappa shape index (κ2) is 6.29. The van der Waals surface area contributed by atoms with Gasteiger partial charge in [0.2, 0.25) is 10.0 Å². The van der Waals surface area contributed by atoms with Crippen molar-refractivity contribution in [2.24, 2.45) is 0 Å². The number of furan rings is 1. The van der Waals surface area contributed by atoms with Gasteiger partial charge in [0.05, 0.1) is 17.7 Å². The van der Waals surface area contributed by atoms with Gasteiger partial charge in [-0.05, 0) is 35.7 Å². The number of sulfonamides is 1. The summed E-state index contributed by atoms with van der Waals surface area (Å²) in [5.41, 5.74) is -1.56. The number of hydrogen-bond acceptors (Lipinski definition) is 5. The van der Waals surface area contributed by atoms with Crippen LogP contribution < -0.4 is 4.72 Å². The minimum absolute atomic E-state index is 0.146. The van der Waals surface area contributed by atoms with Crippen LogP contribution in [0.25, 0.3) is 0 Å². The quantitative estimate of drug-likeness (QED) is 0.717. The molecule has 0 bridgehead atoms. The molecular formula is C16H15NO4S2. The standard InChI is InChI=1S/C16H15NO4S2/c18-16(14-8-4-10-21-14,15-9-5-11-22-15)12-17-23(19,20)13-6-2-1-3-7-13/h1-11,17-18H,12H2. The molecule has 2 N–H and O–H groups in total. The van der Waals surface area contributed by atoms with E-state index >= 15 is 0 Å². The predicted octanol–water partition coefficient (Wildman–Crippen LogP) is 2.56. The van der Waals surface area contributed by atoms with Crippen molar-refractivity contribution in [1.29, 1.82) is 0 Å². The average Bonchev–Trinajstić information content (AvgIpc) is 3.27. The highest BCUT2D eigenvalue weighted by atomic mass is 32.2. The molecule has 5 nitrogen and oxygen atoms in total. The van der Waals surface area contributed by atoms with E-state index in [9.17, 15) is 13.5 Å². The first-order chi connectivity index (χ1) is 11.0. The molecule has 0 aliphatic carbocycles. The van der Waals surface area contributed by atoms with E-state index < -0.39 is 15.6 Å². The van der Waals surface area contributed by atoms with Crippen LogP contribution in [0.3, 0.4) is 0 Å². The maximum atomic E-state index is 12.4. The minimum atomic E-state index is -3.72. The molecule has 0 saturated heterocycles. The van der Waals surface area contributed by atoms with E-state index in [1.54, 1.807) is 42.5 Å². The monoisotopic (exact) mass is 349 g/mol. The molecule has 0 amide bonds. The van der Waals surface area contributed by atoms with E-state index in [2.05, 4.69) is 4.72 Å². The summed E-state index contributed by atoms with van der Waals surface area (Å²) in [5.74, 6) is 0.288. The molecule has 1 atom stereocenters. The van der Waals surface area contributed by atoms with Gasteiger partial charge in [-0.1, -0.05) is 24.3 Å². The lowest BCUT2D eigenvalue weighted by atomic mass is 9.99. The lowest BCUT2D eigenvalue weighted by Gasteiger charge is -2.25. The molecule has 0 spiro atoms. The predicted molar refractivity (Wildman–Crippen MR) is 87.7 cm³/mol. The summed E-state index contributed by atoms with van der Waals surface area (Å²) >= 11 is 1.33. The lowest BCUT2D eigenvalue weighted by molar-refractivity contribution is 0.0655. The van der Waals surface area contributed by atoms with Crippen LogP contribution in [0.2, 0.25) is 0 Å². The van der Waals surface area contributed by atoms with Gasteiger partial charge in [0.15, 0.2) is 5.60 Å². The first-order valence-corrected chi connectivity index (χ1v) is 9.24. The number of aliphatic hydroxyl groups is 1. The van der Waals surface area contributed by atoms with E-state index in [0.717, 1.165) is 0 Å². The number of thiophene rings is 1. The van der Waals surface area contributed by atoms with E-state index in [0.29, 0.717) is 4.88 Å². The molecule has 23 heavy (non-hydrogen) atoms. The van der Waals surface area contributed by atoms with Gasteiger partial charge in [0.1, 0.15) is 5.76 Å². The van der Waals surface area contributed by atoms with Crippen LogP contribution in [-0.4, -0.2) is 20.1 Å². The van der Waals surface area contributed by atoms with Crippen LogP contribution in [0, 0.1) is 0 Å². The molecule has 0 saturated carbocycles. The normalized spacial score (nSPS) is 14.5. The highest BCUT2D eigenvalue weighted by Gasteiger charge is 2.37. The third kappa shape index (κ3) is 3.23. The Balaban J connectivity index is 1.89. The van der Waals surface area contributed by atoms with Crippen molar-refractivity contribution in [2.75, 3.05) is 6.54 Å². The summed E-state index contributed by atoms with van der Waals surface area (Å²) in [5, 5.41) is 12.8. The van der Waals surface area contributed by atoms with Gasteiger partial charge in [0.25, 0.3) is 0 Å². The Labute approximate surface area is 138 Å². The van der Waals surface area contributed by atoms with Gasteiger partial charge >= 0.3 is 0 Å². The van der Waals surface area contributed by atoms with Crippen molar-refractivity contribution in [2.45, 2.75) is 10.5 Å². The summed E-state index contributed by atoms with van der Waals surface area (Å²) in [6.45, 7) is -0.224. The molecular weight excluding hydrogens is 334 g/mol. The third-order valence-electron chi connectivity index (χ3n) is 3.43. The van der Waals surface area contributed by atoms with Crippen molar-refractivity contribution in [3.8, 4) is 0 Å². The van der Waals surface area contributed by atoms with E-state index in [4.69, 9.17) is 4.42 Å². The van der Waals surface area contributed by atoms with Gasteiger partial charge in [-0.15, -0.1) is 11.3 Å². The smallest absolute Gasteiger partial charge is 0.240 e. The molecule has 2 heterocycles. The Hall–Kier alpha value is -1.93. The van der Waals surface area contributed by atoms with Crippen molar-refractivity contribution in [3.05, 3.63) is 76.9 Å². The van der Waals surface area contributed by atoms with Crippen molar-refractivity contribution < 1.29 is 17.9 Å². The molecule has 7 heteroatoms. The van der Waals surface area contributed by atoms with Crippen LogP contribution in [0.5, 0.6) is 0 Å². The summed E-state index contributed by atoms with van der Waals surface area (Å²) < 4.78 is 32.5. The fraction of sp³-hybridized carbons (Fsp3) is 0.125. The van der Waals surface area contributed by atoms with Gasteiger partial charge in [-0.25, -0.2) is 13.1 Å². The zero-order chi connectivity index (χ0) is 16.3. The topological polar surface area (TPSA) is 79.5 Å². The highest BCUT2D eigenvalue weighted by Crippen LogP contribution is 2.33. The second-order valence-electron chi connectivity index (χ2n) is 4.95. The van der Waals surface area contributed by atoms with E-state index in [1.165, 1.54) is 29.7 Å². The zero-order valence-corrected chi connectivity index (χ0v) is 13.7. The maximum absolute atomic E-state index is 12.4. The van der Waals surface area contributed by atoms with Crippen molar-refractivity contribution in [3.63, 3.8) is 0 Å². The summed E-state index contributed by atoms with van der Waals surface area (Å²) in [6.07, 6.45) is 1.44. The SMILES string of the molecule is O=S(=O)(NCC(O)(c1ccco1)c1cccs1)c1ccccc1. The summed E-state index contributed by atoms with van der Waals surface area (Å²) in [6, 6.07) is 14.8. The first-order valence-electron chi connectivity index (χ1n) is 6.87. The molecule has 0 fully saturated rings. The molecule has 0 radical (unpaired) electrons. The number of rotatable bonds is 6. The van der Waals surface area contributed by atoms with Crippen molar-refractivity contribution in [1.82, 2.24) is 4.72 Å². The summed E-state index contributed by atoms with van der Waals surface area (Å²) in [7, 11) is -3.72. The number of hydrogen-bond donors (Lipinski definition) is 2. The number of benzene rings is 1. The van der Waals surface area contributed by atoms with Crippen LogP contribution in [-0.2, 0) is 15.6 Å². The first kappa shape index (κ1) is 15.9. The molecule has 120 valence electrons. The van der Waals surface area contributed by atoms with Crippen LogP contribution in [0.1, 0.15) is 10.6 Å². The Kier molecular flexibility index (Phi) is 4.36. The second-order valence-corrected chi connectivity index (χ2v) is 7.67. The van der Waals surface area contributed by atoms with Gasteiger partial charge in [0, 0.05) is 4.88 Å². The molecule has 1 aromatic carbocycles. The minimum Gasteiger partial charge on any atom is -0.466 e. The molecule has 0 aliphatic rings. The Morgan fingerprint density at radius 1 is 1.09 bits per heavy atom. The molecule has 3 rings (SSSR count). The third-order valence-corrected chi connectivity index (χ3v) is 5.87. The average molecular weight is 349 g/mol. The lowest BCUT2D eigenvalue weighted by Crippen LogP contribution is -2.40. The Bertz CT molecular complexity index is 807. The highest BCUT2D eigenvalue weighted by molar-refractivity contribution is 7.89. The van der Waals surface area contributed by atoms with Crippen LogP contribution in [0.4, 0.5) is 0 Å². The molecule has 1 unspecified atom stereocenters. The fourth-order valence-electron chi connectivity index (χ4n) is 2.21. The fourth-order valence-corrected chi connectivity index (χ4v) is 4.12. The van der Waals surface area contributed by atoms with Gasteiger partial charge < -0.3 is 9.52 Å². The van der Waals surface area contributed by atoms with Crippen molar-refractivity contribution >= 4 is 21.4 Å². The molecule has 3 aromatic rings. The van der Waals surface area contributed by atoms with Gasteiger partial charge in [-0.2, -0.15) is 0 Å². The van der Waals surface area contributed by atoms with Crippen LogP contribution in [0.15, 0.2) is 75.6 Å². The van der Waals surface area contributed by atoms with Gasteiger partial charge in [-0.3, -0.25) is 0 Å². The van der Waals surface area contributed by atoms with E-state index in [1.807, 2.05) is 5.38 Å². The molecule has 0 aliphatic heterocycles. The largest absolute Gasteiger partial charge is 0.466 e. The van der Waals surface area contributed by atoms with Crippen LogP contribution >= 0.6 is 11.3 Å². The maximum Gasteiger partial charge on any atom is 0.240 e. The zero-order valence-electron chi connectivity index (χ0n) is 12.0. The van der Waals surface area contributed by atoms with E-state index in [-0.39, 0.29) is 17.2 Å². The summed E-state index contributed by atoms with van der Waals surface area (Å²) in [4.78, 5) is 0.746. The number of nitrogens with one attached hydrogen (secondary N) is 1. The Morgan fingerprint density at radius 2 is 1.87 bits per heavy atom. The molecule has 2 aromatic heterocycles. The Morgan fingerprint density at radius 3 is 2.48 bits per heavy atom.